The van der Waals surface area contributed by atoms with E-state index in [1.807, 2.05) is 54.6 Å². The molecule has 0 aliphatic heterocycles. The first-order chi connectivity index (χ1) is 11.4. The van der Waals surface area contributed by atoms with Gasteiger partial charge >= 0.3 is 0 Å². The van der Waals surface area contributed by atoms with Gasteiger partial charge in [0, 0.05) is 21.5 Å². The topological polar surface area (TPSA) is 24.9 Å². The highest BCUT2D eigenvalue weighted by molar-refractivity contribution is 6.31. The third-order valence-corrected chi connectivity index (χ3v) is 3.62. The molecule has 120 valence electrons. The second-order valence-electron chi connectivity index (χ2n) is 6.71. The molecule has 0 saturated carbocycles. The standard InChI is InChI=1S/C21H19ClN2/c1-21(2,3)24-20-16(10-9-15-7-5-4-6-8-15)13-17-14-18(22)11-12-19(17)23-20/h4-8,11-14H,1-3H3,(H,23,24). The summed E-state index contributed by atoms with van der Waals surface area (Å²) in [7, 11) is 0. The number of halogens is 1. The molecule has 0 atom stereocenters. The van der Waals surface area contributed by atoms with Crippen LogP contribution in [-0.2, 0) is 0 Å². The van der Waals surface area contributed by atoms with Gasteiger partial charge in [0.15, 0.2) is 0 Å². The van der Waals surface area contributed by atoms with Crippen molar-refractivity contribution in [2.75, 3.05) is 5.32 Å². The molecule has 24 heavy (non-hydrogen) atoms. The minimum atomic E-state index is -0.101. The van der Waals surface area contributed by atoms with E-state index < -0.39 is 0 Å². The zero-order valence-corrected chi connectivity index (χ0v) is 14.8. The van der Waals surface area contributed by atoms with E-state index in [4.69, 9.17) is 16.6 Å². The fourth-order valence-electron chi connectivity index (χ4n) is 2.35. The monoisotopic (exact) mass is 334 g/mol. The van der Waals surface area contributed by atoms with Gasteiger partial charge in [0.1, 0.15) is 5.82 Å². The Morgan fingerprint density at radius 2 is 1.71 bits per heavy atom. The van der Waals surface area contributed by atoms with E-state index in [9.17, 15) is 0 Å². The zero-order chi connectivity index (χ0) is 17.2. The molecular weight excluding hydrogens is 316 g/mol. The molecule has 0 aliphatic rings. The van der Waals surface area contributed by atoms with E-state index in [2.05, 4.69) is 37.9 Å². The summed E-state index contributed by atoms with van der Waals surface area (Å²) >= 11 is 6.11. The lowest BCUT2D eigenvalue weighted by atomic mass is 10.1. The van der Waals surface area contributed by atoms with Crippen molar-refractivity contribution >= 4 is 28.3 Å². The summed E-state index contributed by atoms with van der Waals surface area (Å²) in [5, 5.41) is 5.13. The average Bonchev–Trinajstić information content (AvgIpc) is 2.52. The average molecular weight is 335 g/mol. The molecule has 1 heterocycles. The van der Waals surface area contributed by atoms with Crippen LogP contribution in [0.4, 0.5) is 5.82 Å². The third kappa shape index (κ3) is 4.07. The molecule has 0 aliphatic carbocycles. The molecule has 0 spiro atoms. The number of benzene rings is 2. The molecule has 3 aromatic rings. The summed E-state index contributed by atoms with van der Waals surface area (Å²) in [5.41, 5.74) is 2.64. The summed E-state index contributed by atoms with van der Waals surface area (Å²) in [6, 6.07) is 17.7. The first kappa shape index (κ1) is 16.4. The van der Waals surface area contributed by atoms with Crippen molar-refractivity contribution < 1.29 is 0 Å². The number of hydrogen-bond donors (Lipinski definition) is 1. The minimum absolute atomic E-state index is 0.101. The molecule has 1 N–H and O–H groups in total. The van der Waals surface area contributed by atoms with Crippen LogP contribution in [0.2, 0.25) is 5.02 Å². The van der Waals surface area contributed by atoms with Crippen LogP contribution in [0, 0.1) is 11.8 Å². The van der Waals surface area contributed by atoms with Gasteiger partial charge in [0.25, 0.3) is 0 Å². The SMILES string of the molecule is CC(C)(C)Nc1nc2ccc(Cl)cc2cc1C#Cc1ccccc1. The minimum Gasteiger partial charge on any atom is -0.364 e. The van der Waals surface area contributed by atoms with Gasteiger partial charge in [0.2, 0.25) is 0 Å². The number of pyridine rings is 1. The highest BCUT2D eigenvalue weighted by atomic mass is 35.5. The van der Waals surface area contributed by atoms with Crippen LogP contribution < -0.4 is 5.32 Å². The van der Waals surface area contributed by atoms with Crippen molar-refractivity contribution in [2.45, 2.75) is 26.3 Å². The smallest absolute Gasteiger partial charge is 0.142 e. The van der Waals surface area contributed by atoms with E-state index in [0.29, 0.717) is 5.02 Å². The Balaban J connectivity index is 2.12. The second kappa shape index (κ2) is 6.55. The Bertz CT molecular complexity index is 929. The first-order valence-corrected chi connectivity index (χ1v) is 8.24. The van der Waals surface area contributed by atoms with Crippen molar-refractivity contribution in [3.63, 3.8) is 0 Å². The van der Waals surface area contributed by atoms with Crippen molar-refractivity contribution in [3.8, 4) is 11.8 Å². The number of nitrogens with zero attached hydrogens (tertiary/aromatic N) is 1. The molecule has 3 rings (SSSR count). The van der Waals surface area contributed by atoms with Gasteiger partial charge in [-0.2, -0.15) is 0 Å². The Morgan fingerprint density at radius 1 is 0.958 bits per heavy atom. The molecule has 0 radical (unpaired) electrons. The number of fused-ring (bicyclic) bond motifs is 1. The van der Waals surface area contributed by atoms with E-state index in [1.54, 1.807) is 0 Å². The normalized spacial score (nSPS) is 11.0. The molecular formula is C21H19ClN2. The van der Waals surface area contributed by atoms with Gasteiger partial charge in [-0.05, 0) is 57.2 Å². The van der Waals surface area contributed by atoms with Gasteiger partial charge in [-0.25, -0.2) is 4.98 Å². The fourth-order valence-corrected chi connectivity index (χ4v) is 2.53. The summed E-state index contributed by atoms with van der Waals surface area (Å²) in [6.45, 7) is 6.32. The maximum Gasteiger partial charge on any atom is 0.142 e. The fraction of sp³-hybridized carbons (Fsp3) is 0.190. The molecule has 0 saturated heterocycles. The van der Waals surface area contributed by atoms with Crippen LogP contribution in [0.1, 0.15) is 31.9 Å². The Hall–Kier alpha value is -2.50. The summed E-state index contributed by atoms with van der Waals surface area (Å²) < 4.78 is 0. The molecule has 0 fully saturated rings. The Kier molecular flexibility index (Phi) is 4.46. The number of nitrogens with one attached hydrogen (secondary N) is 1. The summed E-state index contributed by atoms with van der Waals surface area (Å²) in [4.78, 5) is 4.74. The van der Waals surface area contributed by atoms with Crippen LogP contribution in [0.25, 0.3) is 10.9 Å². The summed E-state index contributed by atoms with van der Waals surface area (Å²) in [5.74, 6) is 7.24. The zero-order valence-electron chi connectivity index (χ0n) is 14.0. The molecule has 3 heteroatoms. The van der Waals surface area contributed by atoms with Crippen LogP contribution in [0.3, 0.4) is 0 Å². The maximum atomic E-state index is 6.11. The van der Waals surface area contributed by atoms with Gasteiger partial charge in [-0.1, -0.05) is 41.6 Å². The molecule has 0 amide bonds. The maximum absolute atomic E-state index is 6.11. The predicted molar refractivity (Wildman–Crippen MR) is 103 cm³/mol. The quantitative estimate of drug-likeness (QED) is 0.594. The molecule has 2 aromatic carbocycles. The van der Waals surface area contributed by atoms with Crippen LogP contribution >= 0.6 is 11.6 Å². The second-order valence-corrected chi connectivity index (χ2v) is 7.15. The van der Waals surface area contributed by atoms with E-state index in [0.717, 1.165) is 27.8 Å². The molecule has 0 unspecified atom stereocenters. The highest BCUT2D eigenvalue weighted by Crippen LogP contribution is 2.25. The lowest BCUT2D eigenvalue weighted by Gasteiger charge is -2.22. The predicted octanol–water partition coefficient (Wildman–Crippen LogP) is 5.50. The molecule has 2 nitrogen and oxygen atoms in total. The lowest BCUT2D eigenvalue weighted by molar-refractivity contribution is 0.630. The number of hydrogen-bond acceptors (Lipinski definition) is 2. The Morgan fingerprint density at radius 3 is 2.42 bits per heavy atom. The molecule has 1 aromatic heterocycles. The molecule has 0 bridgehead atoms. The summed E-state index contributed by atoms with van der Waals surface area (Å²) in [6.07, 6.45) is 0. The highest BCUT2D eigenvalue weighted by Gasteiger charge is 2.14. The number of rotatable bonds is 1. The van der Waals surface area contributed by atoms with Crippen LogP contribution in [0.5, 0.6) is 0 Å². The van der Waals surface area contributed by atoms with E-state index in [1.165, 1.54) is 0 Å². The van der Waals surface area contributed by atoms with Gasteiger partial charge in [-0.15, -0.1) is 0 Å². The third-order valence-electron chi connectivity index (χ3n) is 3.39. The van der Waals surface area contributed by atoms with Crippen molar-refractivity contribution in [3.05, 3.63) is 70.7 Å². The van der Waals surface area contributed by atoms with Crippen molar-refractivity contribution in [2.24, 2.45) is 0 Å². The van der Waals surface area contributed by atoms with Gasteiger partial charge in [-0.3, -0.25) is 0 Å². The van der Waals surface area contributed by atoms with Crippen molar-refractivity contribution in [1.82, 2.24) is 4.98 Å². The number of aromatic nitrogens is 1. The van der Waals surface area contributed by atoms with Crippen LogP contribution in [-0.4, -0.2) is 10.5 Å². The van der Waals surface area contributed by atoms with Gasteiger partial charge < -0.3 is 5.32 Å². The van der Waals surface area contributed by atoms with E-state index >= 15 is 0 Å². The first-order valence-electron chi connectivity index (χ1n) is 7.86. The van der Waals surface area contributed by atoms with Gasteiger partial charge in [0.05, 0.1) is 11.1 Å². The Labute approximate surface area is 147 Å². The van der Waals surface area contributed by atoms with Crippen LogP contribution in [0.15, 0.2) is 54.6 Å². The largest absolute Gasteiger partial charge is 0.364 e. The van der Waals surface area contributed by atoms with Crippen molar-refractivity contribution in [1.29, 1.82) is 0 Å². The number of anilines is 1. The lowest BCUT2D eigenvalue weighted by Crippen LogP contribution is -2.27. The van der Waals surface area contributed by atoms with E-state index in [-0.39, 0.29) is 5.54 Å².